The maximum atomic E-state index is 12.1. The highest BCUT2D eigenvalue weighted by atomic mass is 32.2. The first kappa shape index (κ1) is 17.8. The summed E-state index contributed by atoms with van der Waals surface area (Å²) in [5.74, 6) is -1.62. The lowest BCUT2D eigenvalue weighted by Crippen LogP contribution is -2.61. The van der Waals surface area contributed by atoms with Gasteiger partial charge in [-0.1, -0.05) is 0 Å². The average Bonchev–Trinajstić information content (AvgIpc) is 2.77. The zero-order valence-corrected chi connectivity index (χ0v) is 13.6. The van der Waals surface area contributed by atoms with Gasteiger partial charge in [0.05, 0.1) is 24.4 Å². The lowest BCUT2D eigenvalue weighted by Gasteiger charge is -2.44. The Kier molecular flexibility index (Phi) is 5.66. The summed E-state index contributed by atoms with van der Waals surface area (Å²) in [4.78, 5) is 24.7. The third kappa shape index (κ3) is 3.51. The molecule has 23 heavy (non-hydrogen) atoms. The van der Waals surface area contributed by atoms with E-state index in [4.69, 9.17) is 5.41 Å². The highest BCUT2D eigenvalue weighted by Crippen LogP contribution is 2.43. The number of hydrogen-bond acceptors (Lipinski definition) is 5. The van der Waals surface area contributed by atoms with Crippen LogP contribution in [-0.4, -0.2) is 68.1 Å². The quantitative estimate of drug-likeness (QED) is 0.143. The lowest BCUT2D eigenvalue weighted by atomic mass is 9.83. The van der Waals surface area contributed by atoms with Crippen molar-refractivity contribution >= 4 is 29.4 Å². The number of carbonyl (C=O) groups is 2. The zero-order valence-electron chi connectivity index (χ0n) is 12.8. The second kappa shape index (κ2) is 7.33. The summed E-state index contributed by atoms with van der Waals surface area (Å²) in [6, 6.07) is -0.333. The number of aliphatic hydroxyl groups is 1. The van der Waals surface area contributed by atoms with E-state index >= 15 is 0 Å². The van der Waals surface area contributed by atoms with Crippen molar-refractivity contribution in [2.75, 3.05) is 18.1 Å². The van der Waals surface area contributed by atoms with Gasteiger partial charge >= 0.3 is 5.97 Å². The molecule has 0 aromatic heterocycles. The first-order chi connectivity index (χ1) is 10.9. The fourth-order valence-electron chi connectivity index (χ4n) is 3.16. The van der Waals surface area contributed by atoms with Gasteiger partial charge in [-0.2, -0.15) is 0 Å². The molecule has 0 saturated carbocycles. The van der Waals surface area contributed by atoms with Crippen LogP contribution < -0.4 is 5.32 Å². The predicted octanol–water partition coefficient (Wildman–Crippen LogP) is -0.728. The molecule has 9 heteroatoms. The number of aliphatic carboxylic acids is 1. The molecule has 2 aliphatic rings. The van der Waals surface area contributed by atoms with E-state index in [0.29, 0.717) is 30.7 Å². The molecule has 4 unspecified atom stereocenters. The number of aliphatic hydroxyl groups excluding tert-OH is 1. The Bertz CT molecular complexity index is 537. The summed E-state index contributed by atoms with van der Waals surface area (Å²) < 4.78 is 12.1. The van der Waals surface area contributed by atoms with Gasteiger partial charge in [-0.3, -0.25) is 10.2 Å². The number of rotatable bonds is 9. The number of amides is 1. The smallest absolute Gasteiger partial charge is 0.352 e. The van der Waals surface area contributed by atoms with Crippen molar-refractivity contribution in [3.63, 3.8) is 0 Å². The monoisotopic (exact) mass is 343 g/mol. The first-order valence-corrected chi connectivity index (χ1v) is 8.91. The zero-order chi connectivity index (χ0) is 17.1. The maximum absolute atomic E-state index is 12.1. The highest BCUT2D eigenvalue weighted by Gasteiger charge is 2.56. The van der Waals surface area contributed by atoms with Crippen molar-refractivity contribution in [2.45, 2.75) is 31.9 Å². The van der Waals surface area contributed by atoms with Gasteiger partial charge < -0.3 is 25.0 Å². The number of nitrogens with one attached hydrogen (secondary N) is 2. The number of carbonyl (C=O) groups excluding carboxylic acids is 1. The Balaban J connectivity index is 2.01. The van der Waals surface area contributed by atoms with E-state index in [1.54, 1.807) is 0 Å². The number of hydrogen-bond donors (Lipinski definition) is 4. The number of carboxylic acid groups (broad SMARTS) is 1. The van der Waals surface area contributed by atoms with Gasteiger partial charge in [0.2, 0.25) is 5.91 Å². The Hall–Kier alpha value is -1.58. The molecule has 0 bridgehead atoms. The van der Waals surface area contributed by atoms with Crippen LogP contribution in [-0.2, 0) is 20.8 Å². The van der Waals surface area contributed by atoms with E-state index in [-0.39, 0.29) is 23.4 Å². The standard InChI is InChI=1S/C14H21N3O5S/c1-8(18)11-10-5-9(6-23(22)4-2-3-16-7-15)12(14(20)21)17(10)13(11)19/h7-8,10-11,18H,2-6H2,1H3,(H2,15,16)(H,20,21). The van der Waals surface area contributed by atoms with Crippen LogP contribution in [0.5, 0.6) is 0 Å². The molecular weight excluding hydrogens is 322 g/mol. The molecule has 0 radical (unpaired) electrons. The molecule has 0 aliphatic carbocycles. The van der Waals surface area contributed by atoms with Crippen LogP contribution in [0, 0.1) is 11.3 Å². The Morgan fingerprint density at radius 1 is 1.65 bits per heavy atom. The summed E-state index contributed by atoms with van der Waals surface area (Å²) in [5, 5.41) is 28.5. The highest BCUT2D eigenvalue weighted by molar-refractivity contribution is 7.91. The Morgan fingerprint density at radius 3 is 2.91 bits per heavy atom. The molecule has 0 aromatic rings. The fourth-order valence-corrected chi connectivity index (χ4v) is 4.42. The summed E-state index contributed by atoms with van der Waals surface area (Å²) in [5.41, 5.74) is 0.445. The van der Waals surface area contributed by atoms with Crippen LogP contribution in [0.1, 0.15) is 19.8 Å². The van der Waals surface area contributed by atoms with Gasteiger partial charge in [0, 0.05) is 18.5 Å². The summed E-state index contributed by atoms with van der Waals surface area (Å²) in [6.07, 6.45) is 1.21. The normalized spacial score (nSPS) is 25.7. The predicted molar refractivity (Wildman–Crippen MR) is 84.4 cm³/mol. The molecule has 8 nitrogen and oxygen atoms in total. The second-order valence-corrected chi connectivity index (χ2v) is 7.32. The van der Waals surface area contributed by atoms with Crippen molar-refractivity contribution in [2.24, 2.45) is 5.92 Å². The van der Waals surface area contributed by atoms with Gasteiger partial charge in [-0.15, -0.1) is 0 Å². The molecule has 1 amide bonds. The minimum atomic E-state index is -1.22. The SMILES string of the molecule is CC(O)C1C(=O)N2C(C(=O)O)=C(C[S+]([O-])CCCNC=N)CC12. The molecule has 0 spiro atoms. The van der Waals surface area contributed by atoms with Gasteiger partial charge in [0.25, 0.3) is 0 Å². The number of fused-ring (bicyclic) bond motifs is 1. The van der Waals surface area contributed by atoms with Crippen molar-refractivity contribution in [1.82, 2.24) is 10.2 Å². The molecule has 0 aromatic carbocycles. The van der Waals surface area contributed by atoms with Crippen molar-refractivity contribution < 1.29 is 24.4 Å². The molecular formula is C14H21N3O5S. The summed E-state index contributed by atoms with van der Waals surface area (Å²) in [6.45, 7) is 2.06. The Morgan fingerprint density at radius 2 is 2.35 bits per heavy atom. The lowest BCUT2D eigenvalue weighted by molar-refractivity contribution is -0.161. The molecule has 4 atom stereocenters. The minimum Gasteiger partial charge on any atom is -0.616 e. The molecule has 2 aliphatic heterocycles. The molecule has 4 N–H and O–H groups in total. The molecule has 1 saturated heterocycles. The molecule has 2 rings (SSSR count). The average molecular weight is 343 g/mol. The summed E-state index contributed by atoms with van der Waals surface area (Å²) in [7, 11) is 0. The number of β-lactam (4-membered cyclic amide) rings is 1. The van der Waals surface area contributed by atoms with E-state index in [9.17, 15) is 24.4 Å². The third-order valence-corrected chi connectivity index (χ3v) is 5.57. The van der Waals surface area contributed by atoms with Crippen LogP contribution >= 0.6 is 0 Å². The van der Waals surface area contributed by atoms with E-state index in [1.807, 2.05) is 0 Å². The molecule has 1 fully saturated rings. The first-order valence-electron chi connectivity index (χ1n) is 7.42. The van der Waals surface area contributed by atoms with Gasteiger partial charge in [0.15, 0.2) is 0 Å². The molecule has 2 heterocycles. The van der Waals surface area contributed by atoms with E-state index in [1.165, 1.54) is 11.8 Å². The topological polar surface area (TPSA) is 137 Å². The van der Waals surface area contributed by atoms with Crippen LogP contribution in [0.25, 0.3) is 0 Å². The van der Waals surface area contributed by atoms with Crippen LogP contribution in [0.4, 0.5) is 0 Å². The van der Waals surface area contributed by atoms with Gasteiger partial charge in [0.1, 0.15) is 17.2 Å². The van der Waals surface area contributed by atoms with Gasteiger partial charge in [-0.05, 0) is 24.5 Å². The Labute approximate surface area is 137 Å². The van der Waals surface area contributed by atoms with Crippen molar-refractivity contribution in [1.29, 1.82) is 5.41 Å². The number of carboxylic acids is 1. The van der Waals surface area contributed by atoms with E-state index in [2.05, 4.69) is 5.32 Å². The number of nitrogens with zero attached hydrogens (tertiary/aromatic N) is 1. The van der Waals surface area contributed by atoms with Gasteiger partial charge in [-0.25, -0.2) is 4.79 Å². The summed E-state index contributed by atoms with van der Waals surface area (Å²) >= 11 is -1.22. The van der Waals surface area contributed by atoms with E-state index in [0.717, 1.165) is 6.34 Å². The van der Waals surface area contributed by atoms with E-state index < -0.39 is 29.2 Å². The fraction of sp³-hybridized carbons (Fsp3) is 0.643. The minimum absolute atomic E-state index is 0.0668. The van der Waals surface area contributed by atoms with Crippen molar-refractivity contribution in [3.8, 4) is 0 Å². The van der Waals surface area contributed by atoms with Crippen LogP contribution in [0.3, 0.4) is 0 Å². The maximum Gasteiger partial charge on any atom is 0.352 e. The van der Waals surface area contributed by atoms with Crippen LogP contribution in [0.2, 0.25) is 0 Å². The molecule has 128 valence electrons. The third-order valence-electron chi connectivity index (χ3n) is 4.15. The largest absolute Gasteiger partial charge is 0.616 e. The second-order valence-electron chi connectivity index (χ2n) is 5.74. The van der Waals surface area contributed by atoms with Crippen LogP contribution in [0.15, 0.2) is 11.3 Å². The van der Waals surface area contributed by atoms with Crippen molar-refractivity contribution in [3.05, 3.63) is 11.3 Å².